The van der Waals surface area contributed by atoms with Crippen molar-refractivity contribution < 1.29 is 31.1 Å². The molecule has 3 aromatic heterocycles. The van der Waals surface area contributed by atoms with E-state index in [1.807, 2.05) is 0 Å². The minimum absolute atomic E-state index is 0.448. The number of hydrogen-bond acceptors (Lipinski definition) is 3. The average Bonchev–Trinajstić information content (AvgIpc) is 2.99. The summed E-state index contributed by atoms with van der Waals surface area (Å²) in [5.74, 6) is -2.23. The van der Waals surface area contributed by atoms with E-state index in [2.05, 4.69) is 9.97 Å². The van der Waals surface area contributed by atoms with Crippen molar-refractivity contribution in [1.82, 2.24) is 19.7 Å². The Labute approximate surface area is 147 Å². The van der Waals surface area contributed by atoms with Crippen molar-refractivity contribution in [2.75, 3.05) is 0 Å². The van der Waals surface area contributed by atoms with Crippen LogP contribution in [0.1, 0.15) is 28.0 Å². The number of fused-ring (bicyclic) bond motifs is 1. The van der Waals surface area contributed by atoms with E-state index in [1.165, 1.54) is 24.3 Å². The van der Waals surface area contributed by atoms with Crippen molar-refractivity contribution >= 4 is 11.4 Å². The Morgan fingerprint density at radius 1 is 1.04 bits per heavy atom. The fraction of sp³-hybridized carbons (Fsp3) is 0.188. The third-order valence-electron chi connectivity index (χ3n) is 3.61. The van der Waals surface area contributed by atoms with Crippen LogP contribution in [-0.2, 0) is 6.18 Å². The van der Waals surface area contributed by atoms with Gasteiger partial charge in [0, 0.05) is 12.4 Å². The molecule has 0 radical (unpaired) electrons. The van der Waals surface area contributed by atoms with Gasteiger partial charge in [-0.2, -0.15) is 26.3 Å². The zero-order valence-corrected chi connectivity index (χ0v) is 13.2. The van der Waals surface area contributed by atoms with Crippen LogP contribution < -0.4 is 5.32 Å². The predicted octanol–water partition coefficient (Wildman–Crippen LogP) is 3.78. The molecule has 3 heterocycles. The third kappa shape index (κ3) is 3.71. The Balaban J connectivity index is 2.03. The fourth-order valence-corrected chi connectivity index (χ4v) is 2.47. The van der Waals surface area contributed by atoms with Crippen LogP contribution in [0.25, 0.3) is 5.52 Å². The van der Waals surface area contributed by atoms with E-state index >= 15 is 0 Å². The molecule has 0 saturated carbocycles. The molecule has 1 amide bonds. The lowest BCUT2D eigenvalue weighted by Crippen LogP contribution is -2.39. The van der Waals surface area contributed by atoms with Crippen molar-refractivity contribution in [3.63, 3.8) is 0 Å². The van der Waals surface area contributed by atoms with E-state index in [-0.39, 0.29) is 0 Å². The fourth-order valence-electron chi connectivity index (χ4n) is 2.47. The molecule has 0 aliphatic carbocycles. The second-order valence-corrected chi connectivity index (χ2v) is 5.44. The molecule has 3 rings (SSSR count). The number of amides is 1. The van der Waals surface area contributed by atoms with E-state index in [4.69, 9.17) is 0 Å². The van der Waals surface area contributed by atoms with Crippen LogP contribution >= 0.6 is 0 Å². The van der Waals surface area contributed by atoms with Crippen LogP contribution in [0, 0.1) is 0 Å². The molecule has 0 aliphatic heterocycles. The number of carbonyl (C=O) groups is 1. The first-order valence-electron chi connectivity index (χ1n) is 7.42. The molecule has 3 aromatic rings. The molecule has 1 unspecified atom stereocenters. The van der Waals surface area contributed by atoms with Gasteiger partial charge in [0.2, 0.25) is 5.82 Å². The zero-order valence-electron chi connectivity index (χ0n) is 13.2. The molecule has 0 aromatic carbocycles. The largest absolute Gasteiger partial charge is 0.435 e. The molecule has 1 atom stereocenters. The van der Waals surface area contributed by atoms with Crippen LogP contribution in [0.3, 0.4) is 0 Å². The average molecular weight is 388 g/mol. The summed E-state index contributed by atoms with van der Waals surface area (Å²) in [6.45, 7) is 0. The molecule has 1 N–H and O–H groups in total. The maximum atomic E-state index is 13.3. The third-order valence-corrected chi connectivity index (χ3v) is 3.61. The number of nitrogens with zero attached hydrogens (tertiary/aromatic N) is 3. The Morgan fingerprint density at radius 3 is 2.33 bits per heavy atom. The molecule has 0 bridgehead atoms. The minimum Gasteiger partial charge on any atom is -0.333 e. The minimum atomic E-state index is -4.91. The van der Waals surface area contributed by atoms with Crippen LogP contribution in [0.5, 0.6) is 0 Å². The lowest BCUT2D eigenvalue weighted by atomic mass is 10.1. The van der Waals surface area contributed by atoms with Gasteiger partial charge < -0.3 is 5.32 Å². The van der Waals surface area contributed by atoms with E-state index in [0.717, 1.165) is 28.9 Å². The Bertz CT molecular complexity index is 964. The van der Waals surface area contributed by atoms with Gasteiger partial charge in [0.1, 0.15) is 0 Å². The number of rotatable bonds is 3. The molecular weight excluding hydrogens is 378 g/mol. The number of nitrogens with one attached hydrogen (secondary N) is 1. The van der Waals surface area contributed by atoms with E-state index < -0.39 is 47.0 Å². The number of pyridine rings is 2. The lowest BCUT2D eigenvalue weighted by molar-refractivity contribution is -0.156. The molecule has 11 heteroatoms. The summed E-state index contributed by atoms with van der Waals surface area (Å²) in [6.07, 6.45) is -7.58. The molecular formula is C16H10F6N4O. The van der Waals surface area contributed by atoms with Crippen LogP contribution in [-0.4, -0.2) is 26.5 Å². The van der Waals surface area contributed by atoms with E-state index in [9.17, 15) is 31.1 Å². The zero-order chi connectivity index (χ0) is 19.8. The SMILES string of the molecule is O=C(NC(c1ccccn1)C(F)(F)F)c1nc(C(F)(F)F)c2ccccn12. The highest BCUT2D eigenvalue weighted by Crippen LogP contribution is 2.34. The maximum Gasteiger partial charge on any atom is 0.435 e. The van der Waals surface area contributed by atoms with Crippen molar-refractivity contribution in [3.05, 3.63) is 66.0 Å². The predicted molar refractivity (Wildman–Crippen MR) is 80.7 cm³/mol. The number of alkyl halides is 6. The highest BCUT2D eigenvalue weighted by Gasteiger charge is 2.44. The summed E-state index contributed by atoms with van der Waals surface area (Å²) in [6, 6.07) is 4.90. The Hall–Kier alpha value is -3.11. The van der Waals surface area contributed by atoms with Crippen molar-refractivity contribution in [3.8, 4) is 0 Å². The summed E-state index contributed by atoms with van der Waals surface area (Å²) in [7, 11) is 0. The molecule has 0 spiro atoms. The van der Waals surface area contributed by atoms with Gasteiger partial charge in [-0.3, -0.25) is 14.2 Å². The quantitative estimate of drug-likeness (QED) is 0.695. The molecule has 0 saturated heterocycles. The number of imidazole rings is 1. The highest BCUT2D eigenvalue weighted by molar-refractivity contribution is 5.92. The smallest absolute Gasteiger partial charge is 0.333 e. The molecule has 142 valence electrons. The second kappa shape index (κ2) is 6.56. The van der Waals surface area contributed by atoms with Crippen LogP contribution in [0.4, 0.5) is 26.3 Å². The standard InChI is InChI=1S/C16H10F6N4O/c17-15(18,19)11(9-5-1-3-7-23-9)25-14(27)13-24-12(16(20,21)22)10-6-2-4-8-26(10)13/h1-8,11H,(H,25,27). The number of halogens is 6. The van der Waals surface area contributed by atoms with Crippen molar-refractivity contribution in [2.24, 2.45) is 0 Å². The van der Waals surface area contributed by atoms with Gasteiger partial charge >= 0.3 is 12.4 Å². The second-order valence-electron chi connectivity index (χ2n) is 5.44. The van der Waals surface area contributed by atoms with Gasteiger partial charge in [-0.05, 0) is 24.3 Å². The van der Waals surface area contributed by atoms with E-state index in [0.29, 0.717) is 0 Å². The van der Waals surface area contributed by atoms with Crippen molar-refractivity contribution in [2.45, 2.75) is 18.4 Å². The summed E-state index contributed by atoms with van der Waals surface area (Å²) >= 11 is 0. The van der Waals surface area contributed by atoms with Gasteiger partial charge in [0.15, 0.2) is 11.7 Å². The first-order valence-corrected chi connectivity index (χ1v) is 7.42. The van der Waals surface area contributed by atoms with Gasteiger partial charge in [0.05, 0.1) is 11.2 Å². The molecule has 27 heavy (non-hydrogen) atoms. The van der Waals surface area contributed by atoms with Gasteiger partial charge in [0.25, 0.3) is 5.91 Å². The van der Waals surface area contributed by atoms with Gasteiger partial charge in [-0.15, -0.1) is 0 Å². The Kier molecular flexibility index (Phi) is 4.54. The topological polar surface area (TPSA) is 59.3 Å². The Morgan fingerprint density at radius 2 is 1.74 bits per heavy atom. The summed E-state index contributed by atoms with van der Waals surface area (Å²) in [4.78, 5) is 19.1. The summed E-state index contributed by atoms with van der Waals surface area (Å²) < 4.78 is 80.1. The van der Waals surface area contributed by atoms with Crippen LogP contribution in [0.2, 0.25) is 0 Å². The first-order chi connectivity index (χ1) is 12.6. The first kappa shape index (κ1) is 18.7. The summed E-state index contributed by atoms with van der Waals surface area (Å²) in [5, 5.41) is 1.67. The van der Waals surface area contributed by atoms with E-state index in [1.54, 1.807) is 5.32 Å². The number of hydrogen-bond donors (Lipinski definition) is 1. The maximum absolute atomic E-state index is 13.3. The molecule has 5 nitrogen and oxygen atoms in total. The van der Waals surface area contributed by atoms with Gasteiger partial charge in [-0.25, -0.2) is 4.98 Å². The van der Waals surface area contributed by atoms with Crippen molar-refractivity contribution in [1.29, 1.82) is 0 Å². The molecule has 0 fully saturated rings. The highest BCUT2D eigenvalue weighted by atomic mass is 19.4. The van der Waals surface area contributed by atoms with Gasteiger partial charge in [-0.1, -0.05) is 12.1 Å². The number of aromatic nitrogens is 3. The number of carbonyl (C=O) groups excluding carboxylic acids is 1. The van der Waals surface area contributed by atoms with Crippen LogP contribution in [0.15, 0.2) is 48.8 Å². The summed E-state index contributed by atoms with van der Waals surface area (Å²) in [5.41, 5.74) is -2.32. The monoisotopic (exact) mass is 388 g/mol. The molecule has 0 aliphatic rings. The normalized spacial score (nSPS) is 13.6. The lowest BCUT2D eigenvalue weighted by Gasteiger charge is -2.20.